The van der Waals surface area contributed by atoms with E-state index < -0.39 is 5.56 Å². The van der Waals surface area contributed by atoms with E-state index in [1.165, 1.54) is 30.6 Å². The van der Waals surface area contributed by atoms with Crippen molar-refractivity contribution in [2.75, 3.05) is 0 Å². The molecular formula is C11H10N6O2. The van der Waals surface area contributed by atoms with E-state index in [1.54, 1.807) is 6.92 Å². The molecule has 19 heavy (non-hydrogen) atoms. The molecule has 2 aromatic rings. The molecule has 8 heteroatoms. The number of aromatic hydroxyl groups is 1. The molecule has 0 amide bonds. The highest BCUT2D eigenvalue weighted by Crippen LogP contribution is 2.18. The molecule has 0 saturated heterocycles. The smallest absolute Gasteiger partial charge is 0.271 e. The van der Waals surface area contributed by atoms with E-state index in [0.717, 1.165) is 4.57 Å². The summed E-state index contributed by atoms with van der Waals surface area (Å²) < 4.78 is 2.33. The van der Waals surface area contributed by atoms with E-state index >= 15 is 0 Å². The largest absolute Gasteiger partial charge is 0.494 e. The first kappa shape index (κ1) is 12.5. The maximum Gasteiger partial charge on any atom is 0.271 e. The molecule has 8 nitrogen and oxygen atoms in total. The minimum atomic E-state index is -0.543. The Balaban J connectivity index is 2.61. The van der Waals surface area contributed by atoms with E-state index in [-0.39, 0.29) is 11.4 Å². The van der Waals surface area contributed by atoms with E-state index in [4.69, 9.17) is 5.26 Å². The first-order valence-corrected chi connectivity index (χ1v) is 5.28. The normalized spacial score (nSPS) is 10.8. The number of aromatic nitrogens is 4. The fourth-order valence-electron chi connectivity index (χ4n) is 1.57. The van der Waals surface area contributed by atoms with Crippen LogP contribution in [0.4, 0.5) is 0 Å². The van der Waals surface area contributed by atoms with Gasteiger partial charge in [0.15, 0.2) is 0 Å². The zero-order valence-corrected chi connectivity index (χ0v) is 10.3. The van der Waals surface area contributed by atoms with Crippen LogP contribution in [-0.2, 0) is 7.05 Å². The van der Waals surface area contributed by atoms with Crippen molar-refractivity contribution in [3.63, 3.8) is 0 Å². The van der Waals surface area contributed by atoms with Gasteiger partial charge >= 0.3 is 0 Å². The molecule has 0 fully saturated rings. The van der Waals surface area contributed by atoms with Crippen LogP contribution in [0, 0.1) is 18.3 Å². The molecule has 0 aromatic carbocycles. The molecule has 96 valence electrons. The number of nitrogens with zero attached hydrogens (tertiary/aromatic N) is 6. The van der Waals surface area contributed by atoms with Gasteiger partial charge < -0.3 is 5.11 Å². The van der Waals surface area contributed by atoms with Crippen LogP contribution in [0.5, 0.6) is 5.88 Å². The van der Waals surface area contributed by atoms with E-state index in [0.29, 0.717) is 11.1 Å². The molecule has 0 radical (unpaired) electrons. The Morgan fingerprint density at radius 2 is 2.11 bits per heavy atom. The van der Waals surface area contributed by atoms with Gasteiger partial charge in [0.25, 0.3) is 5.56 Å². The SMILES string of the molecule is Cc1c(C=Nn2cnnc2)c(O)n(C)c(=O)c1C#N. The second kappa shape index (κ2) is 4.73. The van der Waals surface area contributed by atoms with E-state index in [9.17, 15) is 9.90 Å². The van der Waals surface area contributed by atoms with Crippen molar-refractivity contribution in [1.82, 2.24) is 19.4 Å². The van der Waals surface area contributed by atoms with Crippen molar-refractivity contribution in [3.05, 3.63) is 39.7 Å². The Labute approximate surface area is 107 Å². The van der Waals surface area contributed by atoms with Crippen LogP contribution >= 0.6 is 0 Å². The Kier molecular flexibility index (Phi) is 3.12. The second-order valence-corrected chi connectivity index (χ2v) is 3.80. The predicted molar refractivity (Wildman–Crippen MR) is 65.8 cm³/mol. The highest BCUT2D eigenvalue weighted by atomic mass is 16.3. The standard InChI is InChI=1S/C11H10N6O2/c1-7-8(3-12)10(18)16(2)11(19)9(7)4-15-17-5-13-14-6-17/h4-6,19H,1-2H3. The third-order valence-corrected chi connectivity index (χ3v) is 2.69. The summed E-state index contributed by atoms with van der Waals surface area (Å²) in [5.41, 5.74) is 0.108. The van der Waals surface area contributed by atoms with Crippen molar-refractivity contribution in [3.8, 4) is 11.9 Å². The summed E-state index contributed by atoms with van der Waals surface area (Å²) in [6.45, 7) is 1.58. The topological polar surface area (TPSA) is 109 Å². The lowest BCUT2D eigenvalue weighted by molar-refractivity contribution is 0.421. The first-order valence-electron chi connectivity index (χ1n) is 5.28. The lowest BCUT2D eigenvalue weighted by Gasteiger charge is -2.09. The Bertz CT molecular complexity index is 736. The molecule has 0 atom stereocenters. The lowest BCUT2D eigenvalue weighted by atomic mass is 10.1. The fourth-order valence-corrected chi connectivity index (χ4v) is 1.57. The van der Waals surface area contributed by atoms with Crippen molar-refractivity contribution < 1.29 is 5.11 Å². The van der Waals surface area contributed by atoms with Crippen LogP contribution in [0.2, 0.25) is 0 Å². The lowest BCUT2D eigenvalue weighted by Crippen LogP contribution is -2.22. The van der Waals surface area contributed by atoms with Gasteiger partial charge in [0.2, 0.25) is 5.88 Å². The molecule has 2 rings (SSSR count). The van der Waals surface area contributed by atoms with Gasteiger partial charge in [0.1, 0.15) is 24.3 Å². The summed E-state index contributed by atoms with van der Waals surface area (Å²) in [5, 5.41) is 30.0. The van der Waals surface area contributed by atoms with Crippen molar-refractivity contribution in [2.45, 2.75) is 6.92 Å². The summed E-state index contributed by atoms with van der Waals surface area (Å²) in [6, 6.07) is 1.83. The van der Waals surface area contributed by atoms with Crippen LogP contribution < -0.4 is 5.56 Å². The number of rotatable bonds is 2. The average Bonchev–Trinajstić information content (AvgIpc) is 2.90. The Hall–Kier alpha value is -2.95. The highest BCUT2D eigenvalue weighted by molar-refractivity contribution is 5.85. The molecule has 0 saturated carbocycles. The summed E-state index contributed by atoms with van der Waals surface area (Å²) in [5.74, 6) is -0.252. The van der Waals surface area contributed by atoms with Crippen LogP contribution in [0.15, 0.2) is 22.6 Å². The second-order valence-electron chi connectivity index (χ2n) is 3.80. The van der Waals surface area contributed by atoms with E-state index in [1.807, 2.05) is 6.07 Å². The zero-order chi connectivity index (χ0) is 14.0. The third kappa shape index (κ3) is 2.09. The number of nitriles is 1. The monoisotopic (exact) mass is 258 g/mol. The van der Waals surface area contributed by atoms with Gasteiger partial charge in [-0.25, -0.2) is 4.68 Å². The van der Waals surface area contributed by atoms with Gasteiger partial charge in [-0.3, -0.25) is 9.36 Å². The van der Waals surface area contributed by atoms with Crippen molar-refractivity contribution in [2.24, 2.45) is 12.1 Å². The Morgan fingerprint density at radius 1 is 1.47 bits per heavy atom. The summed E-state index contributed by atoms with van der Waals surface area (Å²) in [6.07, 6.45) is 4.08. The van der Waals surface area contributed by atoms with Gasteiger partial charge in [0.05, 0.1) is 11.8 Å². The third-order valence-electron chi connectivity index (χ3n) is 2.69. The first-order chi connectivity index (χ1) is 9.06. The van der Waals surface area contributed by atoms with Crippen molar-refractivity contribution in [1.29, 1.82) is 5.26 Å². The van der Waals surface area contributed by atoms with Gasteiger partial charge in [-0.15, -0.1) is 10.2 Å². The highest BCUT2D eigenvalue weighted by Gasteiger charge is 2.15. The quantitative estimate of drug-likeness (QED) is 0.746. The fraction of sp³-hybridized carbons (Fsp3) is 0.182. The minimum absolute atomic E-state index is 0.0227. The average molecular weight is 258 g/mol. The van der Waals surface area contributed by atoms with Gasteiger partial charge in [0, 0.05) is 7.05 Å². The molecule has 0 aliphatic rings. The molecule has 2 aromatic heterocycles. The molecular weight excluding hydrogens is 248 g/mol. The minimum Gasteiger partial charge on any atom is -0.494 e. The molecule has 0 spiro atoms. The summed E-state index contributed by atoms with van der Waals surface area (Å²) >= 11 is 0. The molecule has 1 N–H and O–H groups in total. The number of hydrogen-bond acceptors (Lipinski definition) is 6. The molecule has 0 unspecified atom stereocenters. The van der Waals surface area contributed by atoms with Crippen LogP contribution in [0.3, 0.4) is 0 Å². The molecule has 0 bridgehead atoms. The molecule has 2 heterocycles. The van der Waals surface area contributed by atoms with Gasteiger partial charge in [-0.2, -0.15) is 10.4 Å². The number of pyridine rings is 1. The number of hydrogen-bond donors (Lipinski definition) is 1. The van der Waals surface area contributed by atoms with Gasteiger partial charge in [-0.05, 0) is 12.5 Å². The summed E-state index contributed by atoms with van der Waals surface area (Å²) in [4.78, 5) is 11.7. The van der Waals surface area contributed by atoms with Crippen LogP contribution in [0.25, 0.3) is 0 Å². The maximum absolute atomic E-state index is 11.7. The molecule has 0 aliphatic carbocycles. The Morgan fingerprint density at radius 3 is 2.68 bits per heavy atom. The van der Waals surface area contributed by atoms with E-state index in [2.05, 4.69) is 15.3 Å². The zero-order valence-electron chi connectivity index (χ0n) is 10.3. The molecule has 0 aliphatic heterocycles. The van der Waals surface area contributed by atoms with Crippen LogP contribution in [-0.4, -0.2) is 30.8 Å². The van der Waals surface area contributed by atoms with Gasteiger partial charge in [-0.1, -0.05) is 0 Å². The van der Waals surface area contributed by atoms with Crippen LogP contribution in [0.1, 0.15) is 16.7 Å². The summed E-state index contributed by atoms with van der Waals surface area (Å²) in [7, 11) is 1.38. The van der Waals surface area contributed by atoms with Crippen molar-refractivity contribution >= 4 is 6.21 Å². The maximum atomic E-state index is 11.7. The predicted octanol–water partition coefficient (Wildman–Crippen LogP) is -0.255.